The Morgan fingerprint density at radius 1 is 1.33 bits per heavy atom. The molecule has 0 aromatic heterocycles. The minimum absolute atomic E-state index is 0.0512. The average molecular weight is 301 g/mol. The summed E-state index contributed by atoms with van der Waals surface area (Å²) < 4.78 is 52.2. The van der Waals surface area contributed by atoms with Crippen LogP contribution < -0.4 is 5.32 Å². The lowest BCUT2D eigenvalue weighted by Gasteiger charge is -2.20. The van der Waals surface area contributed by atoms with Crippen LogP contribution in [0.2, 0.25) is 0 Å². The van der Waals surface area contributed by atoms with E-state index in [1.165, 1.54) is 0 Å². The first kappa shape index (κ1) is 17.5. The third-order valence-corrected chi connectivity index (χ3v) is 3.15. The Bertz CT molecular complexity index is 488. The second-order valence-corrected chi connectivity index (χ2v) is 4.84. The predicted octanol–water partition coefficient (Wildman–Crippen LogP) is 4.69. The molecular formula is C16H19F4N. The first-order valence-electron chi connectivity index (χ1n) is 6.93. The number of alkyl halides is 3. The van der Waals surface area contributed by atoms with Gasteiger partial charge in [0, 0.05) is 18.0 Å². The Morgan fingerprint density at radius 2 is 2.05 bits per heavy atom. The molecule has 0 heterocycles. The lowest BCUT2D eigenvalue weighted by atomic mass is 9.98. The fourth-order valence-electron chi connectivity index (χ4n) is 2.08. The van der Waals surface area contributed by atoms with Crippen LogP contribution in [0.4, 0.5) is 17.6 Å². The Morgan fingerprint density at radius 3 is 2.62 bits per heavy atom. The van der Waals surface area contributed by atoms with Crippen molar-refractivity contribution in [1.82, 2.24) is 5.32 Å². The topological polar surface area (TPSA) is 12.0 Å². The van der Waals surface area contributed by atoms with Gasteiger partial charge >= 0.3 is 6.18 Å². The lowest BCUT2D eigenvalue weighted by Crippen LogP contribution is -2.23. The van der Waals surface area contributed by atoms with Crippen LogP contribution in [-0.4, -0.2) is 6.54 Å². The van der Waals surface area contributed by atoms with Crippen LogP contribution in [0.1, 0.15) is 49.8 Å². The molecule has 0 spiro atoms. The van der Waals surface area contributed by atoms with Gasteiger partial charge < -0.3 is 5.32 Å². The minimum Gasteiger partial charge on any atom is -0.310 e. The van der Waals surface area contributed by atoms with Gasteiger partial charge in [-0.1, -0.05) is 6.92 Å². The van der Waals surface area contributed by atoms with Crippen molar-refractivity contribution < 1.29 is 17.6 Å². The summed E-state index contributed by atoms with van der Waals surface area (Å²) in [6.07, 6.45) is 3.16. The lowest BCUT2D eigenvalue weighted by molar-refractivity contribution is -0.137. The van der Waals surface area contributed by atoms with E-state index in [-0.39, 0.29) is 5.56 Å². The van der Waals surface area contributed by atoms with Gasteiger partial charge in [-0.05, 0) is 44.0 Å². The van der Waals surface area contributed by atoms with E-state index in [1.54, 1.807) is 0 Å². The molecule has 1 nitrogen and oxygen atoms in total. The number of benzene rings is 1. The molecular weight excluding hydrogens is 282 g/mol. The van der Waals surface area contributed by atoms with Crippen molar-refractivity contribution in [3.63, 3.8) is 0 Å². The zero-order valence-electron chi connectivity index (χ0n) is 11.9. The fourth-order valence-corrected chi connectivity index (χ4v) is 2.08. The molecule has 1 unspecified atom stereocenters. The van der Waals surface area contributed by atoms with Crippen molar-refractivity contribution in [2.75, 3.05) is 6.54 Å². The Labute approximate surface area is 122 Å². The Kier molecular flexibility index (Phi) is 6.70. The van der Waals surface area contributed by atoms with Crippen molar-refractivity contribution in [3.8, 4) is 12.3 Å². The molecule has 1 N–H and O–H groups in total. The van der Waals surface area contributed by atoms with E-state index >= 15 is 0 Å². The summed E-state index contributed by atoms with van der Waals surface area (Å²) in [4.78, 5) is 0. The van der Waals surface area contributed by atoms with Crippen LogP contribution in [0.5, 0.6) is 0 Å². The van der Waals surface area contributed by atoms with Gasteiger partial charge in [0.05, 0.1) is 5.56 Å². The molecule has 0 fully saturated rings. The summed E-state index contributed by atoms with van der Waals surface area (Å²) in [7, 11) is 0. The number of hydrogen-bond acceptors (Lipinski definition) is 1. The van der Waals surface area contributed by atoms with Gasteiger partial charge in [-0.25, -0.2) is 4.39 Å². The Hall–Kier alpha value is -1.54. The highest BCUT2D eigenvalue weighted by atomic mass is 19.4. The molecule has 0 aliphatic rings. The van der Waals surface area contributed by atoms with Crippen LogP contribution in [0.25, 0.3) is 0 Å². The van der Waals surface area contributed by atoms with Gasteiger partial charge in [-0.3, -0.25) is 0 Å². The maximum Gasteiger partial charge on any atom is 0.416 e. The highest BCUT2D eigenvalue weighted by Crippen LogP contribution is 2.32. The molecule has 116 valence electrons. The summed E-state index contributed by atoms with van der Waals surface area (Å²) in [5.41, 5.74) is -0.783. The summed E-state index contributed by atoms with van der Waals surface area (Å²) in [5.74, 6) is 1.85. The third kappa shape index (κ3) is 5.39. The van der Waals surface area contributed by atoms with E-state index in [1.807, 2.05) is 6.92 Å². The van der Waals surface area contributed by atoms with E-state index in [0.717, 1.165) is 24.6 Å². The molecule has 0 aliphatic heterocycles. The molecule has 0 saturated carbocycles. The van der Waals surface area contributed by atoms with E-state index in [9.17, 15) is 17.6 Å². The second kappa shape index (κ2) is 8.04. The molecule has 0 amide bonds. The first-order chi connectivity index (χ1) is 9.90. The number of halogens is 4. The zero-order valence-corrected chi connectivity index (χ0v) is 11.9. The standard InChI is InChI=1S/C16H19F4N/c1-3-5-6-7-15(21-10-4-2)13-11-12(16(18,19)20)8-9-14(13)17/h1,8-9,11,15,21H,4-7,10H2,2H3. The second-order valence-electron chi connectivity index (χ2n) is 4.84. The van der Waals surface area contributed by atoms with Crippen molar-refractivity contribution in [2.45, 2.75) is 44.8 Å². The van der Waals surface area contributed by atoms with Gasteiger partial charge in [-0.15, -0.1) is 12.3 Å². The monoisotopic (exact) mass is 301 g/mol. The van der Waals surface area contributed by atoms with Gasteiger partial charge in [0.15, 0.2) is 0 Å². The number of terminal acetylenes is 1. The van der Waals surface area contributed by atoms with Crippen LogP contribution in [0, 0.1) is 18.2 Å². The summed E-state index contributed by atoms with van der Waals surface area (Å²) >= 11 is 0. The normalized spacial score (nSPS) is 13.0. The van der Waals surface area contributed by atoms with E-state index in [0.29, 0.717) is 25.8 Å². The van der Waals surface area contributed by atoms with E-state index in [2.05, 4.69) is 11.2 Å². The summed E-state index contributed by atoms with van der Waals surface area (Å²) in [6, 6.07) is 2.07. The molecule has 21 heavy (non-hydrogen) atoms. The van der Waals surface area contributed by atoms with Crippen LogP contribution in [0.3, 0.4) is 0 Å². The van der Waals surface area contributed by atoms with Crippen molar-refractivity contribution >= 4 is 0 Å². The van der Waals surface area contributed by atoms with Crippen LogP contribution in [0.15, 0.2) is 18.2 Å². The van der Waals surface area contributed by atoms with Gasteiger partial charge in [0.25, 0.3) is 0 Å². The predicted molar refractivity (Wildman–Crippen MR) is 75.1 cm³/mol. The van der Waals surface area contributed by atoms with Crippen LogP contribution in [-0.2, 0) is 6.18 Å². The summed E-state index contributed by atoms with van der Waals surface area (Å²) in [6.45, 7) is 2.55. The average Bonchev–Trinajstić information content (AvgIpc) is 2.42. The van der Waals surface area contributed by atoms with Crippen molar-refractivity contribution in [1.29, 1.82) is 0 Å². The SMILES string of the molecule is C#CCCCC(NCCC)c1cc(C(F)(F)F)ccc1F. The Balaban J connectivity index is 3.01. The maximum absolute atomic E-state index is 13.9. The van der Waals surface area contributed by atoms with E-state index in [4.69, 9.17) is 6.42 Å². The molecule has 1 rings (SSSR count). The van der Waals surface area contributed by atoms with Gasteiger partial charge in [0.1, 0.15) is 5.82 Å². The van der Waals surface area contributed by atoms with Gasteiger partial charge in [-0.2, -0.15) is 13.2 Å². The molecule has 0 bridgehead atoms. The van der Waals surface area contributed by atoms with Gasteiger partial charge in [0.2, 0.25) is 0 Å². The largest absolute Gasteiger partial charge is 0.416 e. The number of nitrogens with one attached hydrogen (secondary N) is 1. The zero-order chi connectivity index (χ0) is 15.9. The number of unbranched alkanes of at least 4 members (excludes halogenated alkanes) is 1. The highest BCUT2D eigenvalue weighted by Gasteiger charge is 2.31. The molecule has 0 radical (unpaired) electrons. The molecule has 5 heteroatoms. The fraction of sp³-hybridized carbons (Fsp3) is 0.500. The maximum atomic E-state index is 13.9. The highest BCUT2D eigenvalue weighted by molar-refractivity contribution is 5.29. The molecule has 1 atom stereocenters. The third-order valence-electron chi connectivity index (χ3n) is 3.15. The van der Waals surface area contributed by atoms with Crippen molar-refractivity contribution in [2.24, 2.45) is 0 Å². The number of hydrogen-bond donors (Lipinski definition) is 1. The van der Waals surface area contributed by atoms with Crippen LogP contribution >= 0.6 is 0 Å². The first-order valence-corrected chi connectivity index (χ1v) is 6.93. The van der Waals surface area contributed by atoms with E-state index < -0.39 is 23.6 Å². The number of rotatable bonds is 7. The smallest absolute Gasteiger partial charge is 0.310 e. The molecule has 1 aromatic rings. The molecule has 0 aliphatic carbocycles. The molecule has 0 saturated heterocycles. The summed E-state index contributed by atoms with van der Waals surface area (Å²) in [5, 5.41) is 3.09. The molecule has 1 aromatic carbocycles. The quantitative estimate of drug-likeness (QED) is 0.438. The van der Waals surface area contributed by atoms with Crippen molar-refractivity contribution in [3.05, 3.63) is 35.1 Å². The minimum atomic E-state index is -4.48.